The van der Waals surface area contributed by atoms with Gasteiger partial charge in [-0.05, 0) is 55.1 Å². The molecule has 3 amide bonds. The van der Waals surface area contributed by atoms with E-state index >= 15 is 0 Å². The Kier molecular flexibility index (Phi) is 9.60. The molecular weight excluding hydrogens is 530 g/mol. The highest BCUT2D eigenvalue weighted by Gasteiger charge is 2.36. The molecule has 10 nitrogen and oxygen atoms in total. The van der Waals surface area contributed by atoms with E-state index in [4.69, 9.17) is 20.9 Å². The third kappa shape index (κ3) is 6.53. The quantitative estimate of drug-likeness (QED) is 0.317. The largest absolute Gasteiger partial charge is 0.496 e. The van der Waals surface area contributed by atoms with Crippen molar-refractivity contribution < 1.29 is 23.9 Å². The molecule has 11 heteroatoms. The van der Waals surface area contributed by atoms with Crippen LogP contribution in [0.5, 0.6) is 11.5 Å². The van der Waals surface area contributed by atoms with Crippen molar-refractivity contribution >= 4 is 34.9 Å². The minimum absolute atomic E-state index is 0.0181. The molecule has 5 N–H and O–H groups in total. The highest BCUT2D eigenvalue weighted by Crippen LogP contribution is 2.33. The van der Waals surface area contributed by atoms with Crippen LogP contribution in [-0.2, 0) is 11.3 Å². The summed E-state index contributed by atoms with van der Waals surface area (Å²) in [4.78, 5) is 41.6. The van der Waals surface area contributed by atoms with Gasteiger partial charge in [-0.25, -0.2) is 0 Å². The van der Waals surface area contributed by atoms with Gasteiger partial charge in [-0.15, -0.1) is 0 Å². The average Bonchev–Trinajstić information content (AvgIpc) is 3.35. The number of carbonyl (C=O) groups excluding carboxylic acids is 3. The van der Waals surface area contributed by atoms with Crippen LogP contribution in [0.25, 0.3) is 0 Å². The Morgan fingerprint density at radius 1 is 1.10 bits per heavy atom. The number of nitrogens with two attached hydrogens (primary N) is 2. The molecule has 212 valence electrons. The number of carbonyl (C=O) groups is 3. The van der Waals surface area contributed by atoms with Gasteiger partial charge in [0.25, 0.3) is 11.8 Å². The van der Waals surface area contributed by atoms with Crippen LogP contribution in [0.1, 0.15) is 76.4 Å². The van der Waals surface area contributed by atoms with Crippen molar-refractivity contribution in [1.29, 1.82) is 0 Å². The van der Waals surface area contributed by atoms with Crippen molar-refractivity contribution in [2.24, 2.45) is 5.73 Å². The van der Waals surface area contributed by atoms with Gasteiger partial charge in [-0.3, -0.25) is 14.4 Å². The first kappa shape index (κ1) is 28.9. The maximum Gasteiger partial charge on any atom is 0.270 e. The molecule has 0 aliphatic heterocycles. The zero-order valence-corrected chi connectivity index (χ0v) is 23.5. The summed E-state index contributed by atoms with van der Waals surface area (Å²) < 4.78 is 15.2. The molecular formula is C29H35N5O5S. The molecule has 3 aromatic rings. The van der Waals surface area contributed by atoms with E-state index in [9.17, 15) is 14.4 Å². The van der Waals surface area contributed by atoms with Crippen LogP contribution in [0.15, 0.2) is 48.5 Å². The van der Waals surface area contributed by atoms with Crippen LogP contribution in [0.3, 0.4) is 0 Å². The Labute approximate surface area is 237 Å². The van der Waals surface area contributed by atoms with Crippen molar-refractivity contribution in [2.45, 2.75) is 57.7 Å². The number of anilines is 1. The third-order valence-corrected chi connectivity index (χ3v) is 7.82. The standard InChI is InChI=1S/C29H35N5O5S/c1-3-39-21-15-13-18(14-16-21)25(28(36)32-20-10-5-4-6-11-20)34(17-19-9-7-8-12-22(19)38-2)29(37)26-23(30)24(27(31)35)33-40-26/h7-9,12-16,20,25H,3-6,10-11,17,30H2,1-2H3,(H2,31,35)(H,32,36)/t25-/m1/s1. The number of methoxy groups -OCH3 is 1. The molecule has 4 rings (SSSR count). The van der Waals surface area contributed by atoms with Gasteiger partial charge in [0.15, 0.2) is 5.69 Å². The molecule has 2 aromatic carbocycles. The van der Waals surface area contributed by atoms with Gasteiger partial charge in [0.05, 0.1) is 25.9 Å². The van der Waals surface area contributed by atoms with E-state index in [-0.39, 0.29) is 34.8 Å². The van der Waals surface area contributed by atoms with Gasteiger partial charge in [0.2, 0.25) is 5.91 Å². The van der Waals surface area contributed by atoms with Crippen molar-refractivity contribution in [3.05, 3.63) is 70.2 Å². The normalized spacial score (nSPS) is 14.2. The fourth-order valence-electron chi connectivity index (χ4n) is 4.97. The predicted molar refractivity (Wildman–Crippen MR) is 153 cm³/mol. The molecule has 0 saturated heterocycles. The lowest BCUT2D eigenvalue weighted by Gasteiger charge is -2.33. The molecule has 1 atom stereocenters. The Morgan fingerprint density at radius 3 is 2.42 bits per heavy atom. The number of aromatic nitrogens is 1. The minimum atomic E-state index is -1.02. The lowest BCUT2D eigenvalue weighted by molar-refractivity contribution is -0.127. The lowest BCUT2D eigenvalue weighted by atomic mass is 9.94. The molecule has 1 fully saturated rings. The highest BCUT2D eigenvalue weighted by molar-refractivity contribution is 7.09. The van der Waals surface area contributed by atoms with E-state index in [0.29, 0.717) is 29.2 Å². The fraction of sp³-hybridized carbons (Fsp3) is 0.379. The van der Waals surface area contributed by atoms with E-state index in [1.165, 1.54) is 4.90 Å². The Balaban J connectivity index is 1.81. The summed E-state index contributed by atoms with van der Waals surface area (Å²) in [5.74, 6) is -0.475. The molecule has 0 spiro atoms. The van der Waals surface area contributed by atoms with Crippen LogP contribution < -0.4 is 26.3 Å². The van der Waals surface area contributed by atoms with Crippen LogP contribution in [0.4, 0.5) is 5.69 Å². The fourth-order valence-corrected chi connectivity index (χ4v) is 5.73. The molecule has 1 saturated carbocycles. The maximum atomic E-state index is 14.2. The summed E-state index contributed by atoms with van der Waals surface area (Å²) in [6.45, 7) is 2.42. The van der Waals surface area contributed by atoms with Gasteiger partial charge in [-0.2, -0.15) is 4.37 Å². The van der Waals surface area contributed by atoms with Crippen LogP contribution in [-0.4, -0.2) is 46.8 Å². The number of benzene rings is 2. The second-order valence-corrected chi connectivity index (χ2v) is 10.4. The number of hydrogen-bond donors (Lipinski definition) is 3. The van der Waals surface area contributed by atoms with Gasteiger partial charge in [0, 0.05) is 11.6 Å². The number of amides is 3. The SMILES string of the molecule is CCOc1ccc([C@H](C(=O)NC2CCCCC2)N(Cc2ccccc2OC)C(=O)c2snc(C(N)=O)c2N)cc1. The van der Waals surface area contributed by atoms with E-state index in [2.05, 4.69) is 9.69 Å². The summed E-state index contributed by atoms with van der Waals surface area (Å²) >= 11 is 0.780. The van der Waals surface area contributed by atoms with Gasteiger partial charge in [-0.1, -0.05) is 49.6 Å². The first-order valence-corrected chi connectivity index (χ1v) is 14.1. The van der Waals surface area contributed by atoms with Crippen molar-refractivity contribution in [3.8, 4) is 11.5 Å². The molecule has 0 bridgehead atoms. The lowest BCUT2D eigenvalue weighted by Crippen LogP contribution is -2.46. The number of hydrogen-bond acceptors (Lipinski definition) is 8. The monoisotopic (exact) mass is 565 g/mol. The van der Waals surface area contributed by atoms with Crippen molar-refractivity contribution in [1.82, 2.24) is 14.6 Å². The number of nitrogen functional groups attached to an aromatic ring is 1. The van der Waals surface area contributed by atoms with Crippen molar-refractivity contribution in [3.63, 3.8) is 0 Å². The zero-order chi connectivity index (χ0) is 28.6. The number of primary amides is 1. The van der Waals surface area contributed by atoms with Crippen LogP contribution in [0.2, 0.25) is 0 Å². The Hall–Kier alpha value is -4.12. The predicted octanol–water partition coefficient (Wildman–Crippen LogP) is 4.06. The molecule has 0 unspecified atom stereocenters. The van der Waals surface area contributed by atoms with Gasteiger partial charge in [0.1, 0.15) is 22.4 Å². The summed E-state index contributed by atoms with van der Waals surface area (Å²) in [5, 5.41) is 3.18. The number of rotatable bonds is 11. The molecule has 1 aromatic heterocycles. The number of nitrogens with one attached hydrogen (secondary N) is 1. The van der Waals surface area contributed by atoms with Crippen LogP contribution in [0, 0.1) is 0 Å². The molecule has 40 heavy (non-hydrogen) atoms. The number of ether oxygens (including phenoxy) is 2. The molecule has 0 radical (unpaired) electrons. The van der Waals surface area contributed by atoms with E-state index in [1.54, 1.807) is 37.4 Å². The van der Waals surface area contributed by atoms with Crippen LogP contribution >= 0.6 is 11.5 Å². The summed E-state index contributed by atoms with van der Waals surface area (Å²) in [6.07, 6.45) is 4.98. The van der Waals surface area contributed by atoms with Gasteiger partial charge < -0.3 is 31.2 Å². The zero-order valence-electron chi connectivity index (χ0n) is 22.7. The third-order valence-electron chi connectivity index (χ3n) is 6.97. The number of nitrogens with zero attached hydrogens (tertiary/aromatic N) is 2. The molecule has 1 aliphatic carbocycles. The smallest absolute Gasteiger partial charge is 0.270 e. The molecule has 1 heterocycles. The number of para-hydroxylation sites is 1. The Bertz CT molecular complexity index is 1340. The van der Waals surface area contributed by atoms with E-state index in [0.717, 1.165) is 43.6 Å². The molecule has 1 aliphatic rings. The summed E-state index contributed by atoms with van der Waals surface area (Å²) in [6, 6.07) is 13.4. The maximum absolute atomic E-state index is 14.2. The average molecular weight is 566 g/mol. The highest BCUT2D eigenvalue weighted by atomic mass is 32.1. The van der Waals surface area contributed by atoms with E-state index < -0.39 is 17.9 Å². The first-order valence-electron chi connectivity index (χ1n) is 13.3. The summed E-state index contributed by atoms with van der Waals surface area (Å²) in [7, 11) is 1.55. The Morgan fingerprint density at radius 2 is 1.80 bits per heavy atom. The van der Waals surface area contributed by atoms with Crippen molar-refractivity contribution in [2.75, 3.05) is 19.5 Å². The summed E-state index contributed by atoms with van der Waals surface area (Å²) in [5.41, 5.74) is 12.6. The first-order chi connectivity index (χ1) is 19.3. The second-order valence-electron chi connectivity index (χ2n) is 9.63. The second kappa shape index (κ2) is 13.3. The van der Waals surface area contributed by atoms with E-state index in [1.807, 2.05) is 25.1 Å². The van der Waals surface area contributed by atoms with Gasteiger partial charge >= 0.3 is 0 Å². The minimum Gasteiger partial charge on any atom is -0.496 e. The topological polar surface area (TPSA) is 150 Å².